The zero-order valence-corrected chi connectivity index (χ0v) is 12.9. The Balaban J connectivity index is 2.33. The van der Waals surface area contributed by atoms with Gasteiger partial charge in [0, 0.05) is 6.04 Å². The second kappa shape index (κ2) is 8.46. The lowest BCUT2D eigenvalue weighted by molar-refractivity contribution is 0.233. The monoisotopic (exact) mass is 278 g/mol. The molecule has 0 aromatic heterocycles. The summed E-state index contributed by atoms with van der Waals surface area (Å²) in [5.74, 6) is 1.32. The number of benzene rings is 1. The van der Waals surface area contributed by atoms with Crippen LogP contribution in [0.5, 0.6) is 5.75 Å². The summed E-state index contributed by atoms with van der Waals surface area (Å²) in [4.78, 5) is 11.5. The van der Waals surface area contributed by atoms with Crippen LogP contribution in [0.4, 0.5) is 4.79 Å². The number of rotatable bonds is 7. The van der Waals surface area contributed by atoms with Crippen LogP contribution in [-0.4, -0.2) is 25.2 Å². The summed E-state index contributed by atoms with van der Waals surface area (Å²) in [5.41, 5.74) is 1.19. The van der Waals surface area contributed by atoms with E-state index >= 15 is 0 Å². The van der Waals surface area contributed by atoms with Gasteiger partial charge in [0.25, 0.3) is 0 Å². The standard InChI is InChI=1S/C16H26N2O2/c1-5-13(4)18-16(19)17-10-11-20-15-9-7-6-8-14(15)12(2)3/h6-9,12-13H,5,10-11H2,1-4H3,(H2,17,18,19). The fourth-order valence-electron chi connectivity index (χ4n) is 1.79. The molecule has 2 N–H and O–H groups in total. The summed E-state index contributed by atoms with van der Waals surface area (Å²) in [6, 6.07) is 8.07. The van der Waals surface area contributed by atoms with Crippen molar-refractivity contribution in [3.05, 3.63) is 29.8 Å². The minimum atomic E-state index is -0.139. The van der Waals surface area contributed by atoms with Crippen LogP contribution in [0.3, 0.4) is 0 Å². The van der Waals surface area contributed by atoms with Gasteiger partial charge in [-0.15, -0.1) is 0 Å². The molecular formula is C16H26N2O2. The van der Waals surface area contributed by atoms with Crippen LogP contribution in [0.1, 0.15) is 45.6 Å². The van der Waals surface area contributed by atoms with Crippen molar-refractivity contribution in [1.29, 1.82) is 0 Å². The smallest absolute Gasteiger partial charge is 0.315 e. The molecule has 0 aliphatic rings. The number of hydrogen-bond donors (Lipinski definition) is 2. The van der Waals surface area contributed by atoms with Crippen LogP contribution in [-0.2, 0) is 0 Å². The lowest BCUT2D eigenvalue weighted by Gasteiger charge is -2.15. The van der Waals surface area contributed by atoms with E-state index in [4.69, 9.17) is 4.74 Å². The first kappa shape index (κ1) is 16.3. The minimum absolute atomic E-state index is 0.139. The van der Waals surface area contributed by atoms with E-state index in [0.29, 0.717) is 19.1 Å². The zero-order valence-electron chi connectivity index (χ0n) is 12.9. The fourth-order valence-corrected chi connectivity index (χ4v) is 1.79. The van der Waals surface area contributed by atoms with Gasteiger partial charge >= 0.3 is 6.03 Å². The van der Waals surface area contributed by atoms with E-state index in [1.54, 1.807) is 0 Å². The Morgan fingerprint density at radius 1 is 1.25 bits per heavy atom. The Hall–Kier alpha value is -1.71. The Morgan fingerprint density at radius 3 is 2.60 bits per heavy atom. The van der Waals surface area contributed by atoms with Crippen molar-refractivity contribution in [2.24, 2.45) is 0 Å². The molecule has 20 heavy (non-hydrogen) atoms. The predicted molar refractivity (Wildman–Crippen MR) is 82.3 cm³/mol. The fraction of sp³-hybridized carbons (Fsp3) is 0.562. The maximum atomic E-state index is 11.5. The van der Waals surface area contributed by atoms with E-state index < -0.39 is 0 Å². The second-order valence-electron chi connectivity index (χ2n) is 5.25. The van der Waals surface area contributed by atoms with Crippen molar-refractivity contribution in [3.8, 4) is 5.75 Å². The quantitative estimate of drug-likeness (QED) is 0.752. The molecule has 1 atom stereocenters. The second-order valence-corrected chi connectivity index (χ2v) is 5.25. The molecule has 4 nitrogen and oxygen atoms in total. The molecule has 0 radical (unpaired) electrons. The topological polar surface area (TPSA) is 50.4 Å². The maximum absolute atomic E-state index is 11.5. The number of amides is 2. The third-order valence-corrected chi connectivity index (χ3v) is 3.18. The highest BCUT2D eigenvalue weighted by Gasteiger charge is 2.07. The number of para-hydroxylation sites is 1. The average molecular weight is 278 g/mol. The van der Waals surface area contributed by atoms with Gasteiger partial charge in [-0.05, 0) is 30.9 Å². The number of ether oxygens (including phenoxy) is 1. The molecule has 1 aromatic rings. The molecule has 0 fully saturated rings. The molecule has 1 rings (SSSR count). The van der Waals surface area contributed by atoms with Gasteiger partial charge in [-0.2, -0.15) is 0 Å². The van der Waals surface area contributed by atoms with Crippen LogP contribution in [0.2, 0.25) is 0 Å². The summed E-state index contributed by atoms with van der Waals surface area (Å²) >= 11 is 0. The van der Waals surface area contributed by atoms with Gasteiger partial charge < -0.3 is 15.4 Å². The number of urea groups is 1. The van der Waals surface area contributed by atoms with Gasteiger partial charge in [0.2, 0.25) is 0 Å². The zero-order chi connectivity index (χ0) is 15.0. The first-order valence-corrected chi connectivity index (χ1v) is 7.30. The SMILES string of the molecule is CCC(C)NC(=O)NCCOc1ccccc1C(C)C. The lowest BCUT2D eigenvalue weighted by atomic mass is 10.0. The minimum Gasteiger partial charge on any atom is -0.491 e. The van der Waals surface area contributed by atoms with E-state index in [-0.39, 0.29) is 12.1 Å². The van der Waals surface area contributed by atoms with Crippen molar-refractivity contribution in [2.75, 3.05) is 13.2 Å². The molecule has 0 saturated heterocycles. The molecule has 0 aliphatic carbocycles. The molecule has 0 saturated carbocycles. The van der Waals surface area contributed by atoms with E-state index in [2.05, 4.69) is 30.5 Å². The molecule has 1 aromatic carbocycles. The van der Waals surface area contributed by atoms with Crippen molar-refractivity contribution >= 4 is 6.03 Å². The summed E-state index contributed by atoms with van der Waals surface area (Å²) in [7, 11) is 0. The molecule has 0 spiro atoms. The van der Waals surface area contributed by atoms with Gasteiger partial charge in [0.05, 0.1) is 6.54 Å². The molecule has 0 bridgehead atoms. The highest BCUT2D eigenvalue weighted by Crippen LogP contribution is 2.25. The number of carbonyl (C=O) groups is 1. The van der Waals surface area contributed by atoms with Crippen LogP contribution < -0.4 is 15.4 Å². The van der Waals surface area contributed by atoms with E-state index in [9.17, 15) is 4.79 Å². The number of carbonyl (C=O) groups excluding carboxylic acids is 1. The largest absolute Gasteiger partial charge is 0.491 e. The lowest BCUT2D eigenvalue weighted by Crippen LogP contribution is -2.41. The van der Waals surface area contributed by atoms with Crippen molar-refractivity contribution in [2.45, 2.75) is 46.1 Å². The molecule has 112 valence electrons. The third kappa shape index (κ3) is 5.51. The third-order valence-electron chi connectivity index (χ3n) is 3.18. The highest BCUT2D eigenvalue weighted by molar-refractivity contribution is 5.74. The Bertz CT molecular complexity index is 419. The summed E-state index contributed by atoms with van der Waals surface area (Å²) in [5, 5.41) is 5.64. The molecule has 0 aliphatic heterocycles. The summed E-state index contributed by atoms with van der Waals surface area (Å²) in [6.07, 6.45) is 0.922. The van der Waals surface area contributed by atoms with E-state index in [1.807, 2.05) is 32.0 Å². The number of hydrogen-bond acceptors (Lipinski definition) is 2. The van der Waals surface area contributed by atoms with Gasteiger partial charge in [-0.25, -0.2) is 4.79 Å². The summed E-state index contributed by atoms with van der Waals surface area (Å²) in [6.45, 7) is 9.26. The molecule has 2 amide bonds. The Kier molecular flexibility index (Phi) is 6.91. The van der Waals surface area contributed by atoms with Crippen molar-refractivity contribution in [3.63, 3.8) is 0 Å². The van der Waals surface area contributed by atoms with Gasteiger partial charge in [-0.1, -0.05) is 39.0 Å². The number of nitrogens with one attached hydrogen (secondary N) is 2. The highest BCUT2D eigenvalue weighted by atomic mass is 16.5. The van der Waals surface area contributed by atoms with Crippen molar-refractivity contribution in [1.82, 2.24) is 10.6 Å². The maximum Gasteiger partial charge on any atom is 0.315 e. The molecular weight excluding hydrogens is 252 g/mol. The van der Waals surface area contributed by atoms with Crippen LogP contribution >= 0.6 is 0 Å². The van der Waals surface area contributed by atoms with Gasteiger partial charge in [0.15, 0.2) is 0 Å². The van der Waals surface area contributed by atoms with Crippen LogP contribution in [0.25, 0.3) is 0 Å². The van der Waals surface area contributed by atoms with E-state index in [0.717, 1.165) is 12.2 Å². The van der Waals surface area contributed by atoms with E-state index in [1.165, 1.54) is 5.56 Å². The Morgan fingerprint density at radius 2 is 1.95 bits per heavy atom. The van der Waals surface area contributed by atoms with Crippen LogP contribution in [0, 0.1) is 0 Å². The van der Waals surface area contributed by atoms with Crippen molar-refractivity contribution < 1.29 is 9.53 Å². The first-order chi connectivity index (χ1) is 9.54. The average Bonchev–Trinajstić information content (AvgIpc) is 2.43. The molecule has 0 heterocycles. The van der Waals surface area contributed by atoms with Gasteiger partial charge in [0.1, 0.15) is 12.4 Å². The Labute approximate surface area is 121 Å². The van der Waals surface area contributed by atoms with Crippen LogP contribution in [0.15, 0.2) is 24.3 Å². The first-order valence-electron chi connectivity index (χ1n) is 7.30. The van der Waals surface area contributed by atoms with Gasteiger partial charge in [-0.3, -0.25) is 0 Å². The summed E-state index contributed by atoms with van der Waals surface area (Å²) < 4.78 is 5.74. The normalized spacial score (nSPS) is 12.1. The molecule has 4 heteroatoms. The molecule has 1 unspecified atom stereocenters. The predicted octanol–water partition coefficient (Wildman–Crippen LogP) is 3.29.